The van der Waals surface area contributed by atoms with Gasteiger partial charge in [0.05, 0.1) is 6.07 Å². The van der Waals surface area contributed by atoms with E-state index in [0.29, 0.717) is 6.04 Å². The van der Waals surface area contributed by atoms with Crippen LogP contribution in [0.4, 0.5) is 0 Å². The van der Waals surface area contributed by atoms with Crippen LogP contribution in [0.5, 0.6) is 0 Å². The second-order valence-electron chi connectivity index (χ2n) is 9.53. The van der Waals surface area contributed by atoms with Crippen LogP contribution in [0.3, 0.4) is 0 Å². The highest BCUT2D eigenvalue weighted by Gasteiger charge is 2.41. The Morgan fingerprint density at radius 2 is 1.31 bits per heavy atom. The highest BCUT2D eigenvalue weighted by atomic mass is 15.3. The molecule has 0 saturated carbocycles. The third kappa shape index (κ3) is 4.78. The fourth-order valence-corrected chi connectivity index (χ4v) is 4.70. The predicted molar refractivity (Wildman–Crippen MR) is 131 cm³/mol. The number of nitrogens with zero attached hydrogens (tertiary/aromatic N) is 2. The molecule has 1 saturated heterocycles. The minimum absolute atomic E-state index is 0.0383. The van der Waals surface area contributed by atoms with Gasteiger partial charge in [0.1, 0.15) is 5.41 Å². The quantitative estimate of drug-likeness (QED) is 0.492. The van der Waals surface area contributed by atoms with Crippen molar-refractivity contribution >= 4 is 0 Å². The van der Waals surface area contributed by atoms with Crippen LogP contribution in [-0.4, -0.2) is 29.6 Å². The Bertz CT molecular complexity index is 977. The molecule has 1 N–H and O–H groups in total. The zero-order valence-corrected chi connectivity index (χ0v) is 19.2. The van der Waals surface area contributed by atoms with Gasteiger partial charge in [0.25, 0.3) is 0 Å². The van der Waals surface area contributed by atoms with E-state index in [1.165, 1.54) is 5.56 Å². The molecular formula is C29H33N3. The molecule has 1 heterocycles. The van der Waals surface area contributed by atoms with Gasteiger partial charge in [0.15, 0.2) is 0 Å². The molecule has 0 spiro atoms. The Balaban J connectivity index is 1.41. The molecule has 3 aromatic rings. The van der Waals surface area contributed by atoms with Gasteiger partial charge in [-0.1, -0.05) is 91.0 Å². The minimum atomic E-state index is -0.629. The third-order valence-corrected chi connectivity index (χ3v) is 7.01. The predicted octanol–water partition coefficient (Wildman–Crippen LogP) is 5.53. The van der Waals surface area contributed by atoms with Crippen LogP contribution >= 0.6 is 0 Å². The van der Waals surface area contributed by atoms with Gasteiger partial charge in [-0.25, -0.2) is 0 Å². The van der Waals surface area contributed by atoms with E-state index in [2.05, 4.69) is 84.7 Å². The molecule has 0 aromatic heterocycles. The second-order valence-corrected chi connectivity index (χ2v) is 9.53. The lowest BCUT2D eigenvalue weighted by atomic mass is 9.70. The van der Waals surface area contributed by atoms with Crippen LogP contribution in [0.25, 0.3) is 0 Å². The maximum Gasteiger partial charge on any atom is 0.107 e. The van der Waals surface area contributed by atoms with Crippen LogP contribution in [0.1, 0.15) is 43.4 Å². The summed E-state index contributed by atoms with van der Waals surface area (Å²) < 4.78 is 0. The lowest BCUT2D eigenvalue weighted by Crippen LogP contribution is -2.64. The van der Waals surface area contributed by atoms with E-state index in [4.69, 9.17) is 0 Å². The summed E-state index contributed by atoms with van der Waals surface area (Å²) in [5.41, 5.74) is 2.90. The van der Waals surface area contributed by atoms with Gasteiger partial charge in [0, 0.05) is 31.2 Å². The van der Waals surface area contributed by atoms with E-state index < -0.39 is 5.41 Å². The zero-order valence-electron chi connectivity index (χ0n) is 19.2. The van der Waals surface area contributed by atoms with Crippen LogP contribution < -0.4 is 5.32 Å². The van der Waals surface area contributed by atoms with Crippen molar-refractivity contribution < 1.29 is 0 Å². The largest absolute Gasteiger partial charge is 0.307 e. The van der Waals surface area contributed by atoms with E-state index in [1.54, 1.807) is 0 Å². The molecule has 0 radical (unpaired) electrons. The number of hydrogen-bond acceptors (Lipinski definition) is 3. The summed E-state index contributed by atoms with van der Waals surface area (Å²) >= 11 is 0. The first-order valence-corrected chi connectivity index (χ1v) is 11.6. The molecule has 3 aromatic carbocycles. The summed E-state index contributed by atoms with van der Waals surface area (Å²) in [6, 6.07) is 34.4. The van der Waals surface area contributed by atoms with E-state index in [-0.39, 0.29) is 5.54 Å². The van der Waals surface area contributed by atoms with Crippen LogP contribution in [-0.2, 0) is 12.0 Å². The van der Waals surface area contributed by atoms with Crippen molar-refractivity contribution in [3.8, 4) is 6.07 Å². The summed E-state index contributed by atoms with van der Waals surface area (Å²) in [6.45, 7) is 7.66. The first-order chi connectivity index (χ1) is 15.5. The first-order valence-electron chi connectivity index (χ1n) is 11.6. The van der Waals surface area contributed by atoms with E-state index in [9.17, 15) is 5.26 Å². The molecule has 1 aliphatic rings. The Morgan fingerprint density at radius 3 is 1.81 bits per heavy atom. The molecule has 0 bridgehead atoms. The fraction of sp³-hybridized carbons (Fsp3) is 0.345. The third-order valence-electron chi connectivity index (χ3n) is 7.01. The number of benzene rings is 3. The van der Waals surface area contributed by atoms with Gasteiger partial charge >= 0.3 is 0 Å². The van der Waals surface area contributed by atoms with E-state index >= 15 is 0 Å². The van der Waals surface area contributed by atoms with Gasteiger partial charge in [-0.2, -0.15) is 5.26 Å². The Morgan fingerprint density at radius 1 is 0.812 bits per heavy atom. The smallest absolute Gasteiger partial charge is 0.107 e. The number of nitriles is 1. The van der Waals surface area contributed by atoms with Crippen molar-refractivity contribution in [2.75, 3.05) is 13.1 Å². The normalized spacial score (nSPS) is 15.2. The number of likely N-dealkylation sites (tertiary alicyclic amines) is 1. The Labute approximate surface area is 192 Å². The fourth-order valence-electron chi connectivity index (χ4n) is 4.70. The molecule has 0 amide bonds. The second kappa shape index (κ2) is 9.69. The summed E-state index contributed by atoms with van der Waals surface area (Å²) in [7, 11) is 0. The Hall–Kier alpha value is -2.93. The topological polar surface area (TPSA) is 39.1 Å². The molecule has 3 nitrogen and oxygen atoms in total. The zero-order chi connectivity index (χ0) is 22.4. The molecule has 164 valence electrons. The summed E-state index contributed by atoms with van der Waals surface area (Å²) in [6.07, 6.45) is 1.75. The highest BCUT2D eigenvalue weighted by Crippen LogP contribution is 2.39. The van der Waals surface area contributed by atoms with E-state index in [0.717, 1.165) is 43.6 Å². The van der Waals surface area contributed by atoms with Crippen molar-refractivity contribution in [3.05, 3.63) is 108 Å². The molecule has 0 atom stereocenters. The van der Waals surface area contributed by atoms with Crippen molar-refractivity contribution in [3.63, 3.8) is 0 Å². The number of nitrogens with one attached hydrogen (secondary N) is 1. The molecule has 1 aliphatic heterocycles. The van der Waals surface area contributed by atoms with E-state index in [1.807, 2.05) is 36.4 Å². The SMILES string of the molecule is CC(C)(CCC(C#N)(c1ccccc1)c1ccccc1)N1CC(NCc2ccccc2)C1. The van der Waals surface area contributed by atoms with Crippen LogP contribution in [0.2, 0.25) is 0 Å². The summed E-state index contributed by atoms with van der Waals surface area (Å²) in [4.78, 5) is 2.55. The van der Waals surface area contributed by atoms with Gasteiger partial charge < -0.3 is 5.32 Å². The van der Waals surface area contributed by atoms with Crippen LogP contribution in [0, 0.1) is 11.3 Å². The van der Waals surface area contributed by atoms with Crippen molar-refractivity contribution in [2.24, 2.45) is 0 Å². The van der Waals surface area contributed by atoms with Gasteiger partial charge in [-0.15, -0.1) is 0 Å². The first kappa shape index (κ1) is 22.3. The molecular weight excluding hydrogens is 390 g/mol. The average molecular weight is 424 g/mol. The molecule has 3 heteroatoms. The van der Waals surface area contributed by atoms with Crippen LogP contribution in [0.15, 0.2) is 91.0 Å². The average Bonchev–Trinajstić information content (AvgIpc) is 2.81. The molecule has 1 fully saturated rings. The number of hydrogen-bond donors (Lipinski definition) is 1. The number of rotatable bonds is 9. The van der Waals surface area contributed by atoms with Crippen molar-refractivity contribution in [2.45, 2.75) is 50.2 Å². The molecule has 32 heavy (non-hydrogen) atoms. The standard InChI is InChI=1S/C29H33N3/c1-28(2,32-21-27(22-32)31-20-24-12-6-3-7-13-24)18-19-29(23-30,25-14-8-4-9-15-25)26-16-10-5-11-17-26/h3-17,27,31H,18-22H2,1-2H3. The van der Waals surface area contributed by atoms with Crippen molar-refractivity contribution in [1.29, 1.82) is 5.26 Å². The van der Waals surface area contributed by atoms with Gasteiger partial charge in [0.2, 0.25) is 0 Å². The van der Waals surface area contributed by atoms with Gasteiger partial charge in [-0.3, -0.25) is 4.90 Å². The van der Waals surface area contributed by atoms with Gasteiger partial charge in [-0.05, 0) is 43.4 Å². The maximum absolute atomic E-state index is 10.4. The minimum Gasteiger partial charge on any atom is -0.307 e. The lowest BCUT2D eigenvalue weighted by molar-refractivity contribution is 0.0154. The monoisotopic (exact) mass is 423 g/mol. The summed E-state index contributed by atoms with van der Waals surface area (Å²) in [5.74, 6) is 0. The highest BCUT2D eigenvalue weighted by molar-refractivity contribution is 5.45. The molecule has 4 rings (SSSR count). The van der Waals surface area contributed by atoms with Crippen molar-refractivity contribution in [1.82, 2.24) is 10.2 Å². The lowest BCUT2D eigenvalue weighted by Gasteiger charge is -2.50. The summed E-state index contributed by atoms with van der Waals surface area (Å²) in [5, 5.41) is 14.1. The maximum atomic E-state index is 10.4. The molecule has 0 unspecified atom stereocenters. The molecule has 0 aliphatic carbocycles. The Kier molecular flexibility index (Phi) is 6.74.